The number of anilines is 2. The van der Waals surface area contributed by atoms with Crippen LogP contribution >= 0.6 is 11.6 Å². The predicted octanol–water partition coefficient (Wildman–Crippen LogP) is 4.22. The molecule has 3 rings (SSSR count). The van der Waals surface area contributed by atoms with Crippen LogP contribution in [0.15, 0.2) is 42.5 Å². The Hall–Kier alpha value is -2.86. The molecule has 1 fully saturated rings. The molecule has 0 spiro atoms. The van der Waals surface area contributed by atoms with Crippen LogP contribution in [0.3, 0.4) is 0 Å². The number of carbonyl (C=O) groups is 3. The number of benzene rings is 2. The summed E-state index contributed by atoms with van der Waals surface area (Å²) in [5, 5.41) is 6.26. The average Bonchev–Trinajstić information content (AvgIpc) is 2.72. The van der Waals surface area contributed by atoms with Crippen LogP contribution in [0.5, 0.6) is 0 Å². The van der Waals surface area contributed by atoms with Gasteiger partial charge in [0.15, 0.2) is 5.78 Å². The quantitative estimate of drug-likeness (QED) is 0.695. The number of likely N-dealkylation sites (tertiary alicyclic amines) is 1. The number of Topliss-reactive ketones (excluding diaryl/α,β-unsaturated/α-hetero) is 1. The van der Waals surface area contributed by atoms with Gasteiger partial charge in [-0.25, -0.2) is 0 Å². The maximum atomic E-state index is 12.9. The number of ketones is 1. The lowest BCUT2D eigenvalue weighted by molar-refractivity contribution is -0.114. The van der Waals surface area contributed by atoms with Gasteiger partial charge in [0.25, 0.3) is 5.91 Å². The Morgan fingerprint density at radius 3 is 2.52 bits per heavy atom. The zero-order chi connectivity index (χ0) is 20.8. The van der Waals surface area contributed by atoms with Crippen molar-refractivity contribution in [3.05, 3.63) is 58.6 Å². The molecule has 2 aromatic carbocycles. The van der Waals surface area contributed by atoms with Crippen LogP contribution in [0, 0.1) is 0 Å². The van der Waals surface area contributed by atoms with Crippen LogP contribution in [0.25, 0.3) is 0 Å². The molecule has 2 N–H and O–H groups in total. The van der Waals surface area contributed by atoms with Crippen molar-refractivity contribution in [2.45, 2.75) is 26.2 Å². The number of nitrogens with zero attached hydrogens (tertiary/aromatic N) is 1. The predicted molar refractivity (Wildman–Crippen MR) is 115 cm³/mol. The Morgan fingerprint density at radius 2 is 1.79 bits per heavy atom. The zero-order valence-electron chi connectivity index (χ0n) is 16.3. The minimum atomic E-state index is -0.290. The maximum absolute atomic E-state index is 12.9. The number of nitrogens with one attached hydrogen (secondary N) is 2. The highest BCUT2D eigenvalue weighted by Crippen LogP contribution is 2.24. The van der Waals surface area contributed by atoms with E-state index in [1.165, 1.54) is 6.92 Å². The van der Waals surface area contributed by atoms with Crippen LogP contribution in [0.1, 0.15) is 46.9 Å². The van der Waals surface area contributed by atoms with Gasteiger partial charge in [-0.2, -0.15) is 0 Å². The molecule has 1 saturated heterocycles. The largest absolute Gasteiger partial charge is 0.375 e. The first-order valence-corrected chi connectivity index (χ1v) is 10.1. The second-order valence-electron chi connectivity index (χ2n) is 7.08. The van der Waals surface area contributed by atoms with Crippen molar-refractivity contribution in [1.82, 2.24) is 4.90 Å². The fraction of sp³-hybridized carbons (Fsp3) is 0.318. The molecule has 0 aromatic heterocycles. The maximum Gasteiger partial charge on any atom is 0.255 e. The van der Waals surface area contributed by atoms with Crippen molar-refractivity contribution in [2.75, 3.05) is 30.3 Å². The first-order chi connectivity index (χ1) is 13.9. The average molecular weight is 414 g/mol. The summed E-state index contributed by atoms with van der Waals surface area (Å²) in [6, 6.07) is 11.8. The first kappa shape index (κ1) is 20.9. The standard InChI is InChI=1S/C22H24ClN3O3/c1-15(27)16-6-5-7-18(12-16)25-21(28)14-24-20-13-17(23)8-9-19(20)22(29)26-10-3-2-4-11-26/h5-9,12-13,24H,2-4,10-11,14H2,1H3,(H,25,28). The smallest absolute Gasteiger partial charge is 0.255 e. The van der Waals surface area contributed by atoms with Gasteiger partial charge >= 0.3 is 0 Å². The molecule has 0 unspecified atom stereocenters. The van der Waals surface area contributed by atoms with Crippen LogP contribution < -0.4 is 10.6 Å². The van der Waals surface area contributed by atoms with Gasteiger partial charge in [-0.3, -0.25) is 14.4 Å². The summed E-state index contributed by atoms with van der Waals surface area (Å²) in [5.74, 6) is -0.417. The van der Waals surface area contributed by atoms with Crippen LogP contribution in [0.2, 0.25) is 5.02 Å². The van der Waals surface area contributed by atoms with Gasteiger partial charge in [-0.1, -0.05) is 23.7 Å². The van der Waals surface area contributed by atoms with Gasteiger partial charge in [0.05, 0.1) is 12.1 Å². The van der Waals surface area contributed by atoms with Gasteiger partial charge in [0.2, 0.25) is 5.91 Å². The Bertz CT molecular complexity index is 923. The molecule has 1 heterocycles. The van der Waals surface area contributed by atoms with Gasteiger partial charge in [-0.15, -0.1) is 0 Å². The molecule has 1 aliphatic heterocycles. The molecule has 152 valence electrons. The molecule has 0 radical (unpaired) electrons. The van der Waals surface area contributed by atoms with Crippen LogP contribution in [-0.4, -0.2) is 42.1 Å². The van der Waals surface area contributed by atoms with E-state index in [1.807, 2.05) is 4.90 Å². The minimum Gasteiger partial charge on any atom is -0.375 e. The van der Waals surface area contributed by atoms with E-state index in [9.17, 15) is 14.4 Å². The fourth-order valence-electron chi connectivity index (χ4n) is 3.31. The van der Waals surface area contributed by atoms with Gasteiger partial charge < -0.3 is 15.5 Å². The van der Waals surface area contributed by atoms with E-state index in [-0.39, 0.29) is 24.1 Å². The zero-order valence-corrected chi connectivity index (χ0v) is 17.1. The number of piperidine rings is 1. The van der Waals surface area contributed by atoms with E-state index < -0.39 is 0 Å². The summed E-state index contributed by atoms with van der Waals surface area (Å²) >= 11 is 6.10. The number of amides is 2. The van der Waals surface area contributed by atoms with Crippen molar-refractivity contribution in [3.63, 3.8) is 0 Å². The summed E-state index contributed by atoms with van der Waals surface area (Å²) in [6.45, 7) is 2.93. The molecular weight excluding hydrogens is 390 g/mol. The lowest BCUT2D eigenvalue weighted by atomic mass is 10.1. The van der Waals surface area contributed by atoms with Gasteiger partial charge in [0, 0.05) is 35.1 Å². The first-order valence-electron chi connectivity index (χ1n) is 9.67. The Morgan fingerprint density at radius 1 is 1.03 bits per heavy atom. The normalized spacial score (nSPS) is 13.7. The molecule has 0 bridgehead atoms. The molecule has 0 atom stereocenters. The second kappa shape index (κ2) is 9.56. The topological polar surface area (TPSA) is 78.5 Å². The number of halogens is 1. The molecule has 7 heteroatoms. The Labute approximate surface area is 175 Å². The molecule has 1 aliphatic rings. The van der Waals surface area contributed by atoms with Crippen LogP contribution in [-0.2, 0) is 4.79 Å². The van der Waals surface area contributed by atoms with E-state index in [2.05, 4.69) is 10.6 Å². The van der Waals surface area contributed by atoms with Crippen molar-refractivity contribution in [3.8, 4) is 0 Å². The SMILES string of the molecule is CC(=O)c1cccc(NC(=O)CNc2cc(Cl)ccc2C(=O)N2CCCCC2)c1. The molecule has 0 saturated carbocycles. The summed E-state index contributed by atoms with van der Waals surface area (Å²) in [5.41, 5.74) is 2.10. The monoisotopic (exact) mass is 413 g/mol. The Balaban J connectivity index is 1.67. The lowest BCUT2D eigenvalue weighted by Gasteiger charge is -2.27. The molecule has 0 aliphatic carbocycles. The molecule has 29 heavy (non-hydrogen) atoms. The molecular formula is C22H24ClN3O3. The van der Waals surface area contributed by atoms with E-state index in [4.69, 9.17) is 11.6 Å². The van der Waals surface area contributed by atoms with E-state index in [0.717, 1.165) is 32.4 Å². The van der Waals surface area contributed by atoms with E-state index >= 15 is 0 Å². The number of carbonyl (C=O) groups excluding carboxylic acids is 3. The van der Waals surface area contributed by atoms with Crippen molar-refractivity contribution in [2.24, 2.45) is 0 Å². The molecule has 2 amide bonds. The third-order valence-electron chi connectivity index (χ3n) is 4.85. The highest BCUT2D eigenvalue weighted by Gasteiger charge is 2.21. The summed E-state index contributed by atoms with van der Waals surface area (Å²) in [7, 11) is 0. The number of hydrogen-bond acceptors (Lipinski definition) is 4. The van der Waals surface area contributed by atoms with Crippen molar-refractivity contribution in [1.29, 1.82) is 0 Å². The summed E-state index contributed by atoms with van der Waals surface area (Å²) in [4.78, 5) is 38.5. The Kier molecular flexibility index (Phi) is 6.88. The fourth-order valence-corrected chi connectivity index (χ4v) is 3.49. The van der Waals surface area contributed by atoms with Gasteiger partial charge in [-0.05, 0) is 56.5 Å². The van der Waals surface area contributed by atoms with E-state index in [1.54, 1.807) is 42.5 Å². The molecule has 2 aromatic rings. The lowest BCUT2D eigenvalue weighted by Crippen LogP contribution is -2.36. The summed E-state index contributed by atoms with van der Waals surface area (Å²) < 4.78 is 0. The third-order valence-corrected chi connectivity index (χ3v) is 5.08. The highest BCUT2D eigenvalue weighted by atomic mass is 35.5. The molecule has 6 nitrogen and oxygen atoms in total. The third kappa shape index (κ3) is 5.57. The van der Waals surface area contributed by atoms with E-state index in [0.29, 0.717) is 27.5 Å². The second-order valence-corrected chi connectivity index (χ2v) is 7.52. The van der Waals surface area contributed by atoms with Crippen molar-refractivity contribution >= 4 is 40.6 Å². The van der Waals surface area contributed by atoms with Crippen LogP contribution in [0.4, 0.5) is 11.4 Å². The summed E-state index contributed by atoms with van der Waals surface area (Å²) in [6.07, 6.45) is 3.15. The number of rotatable bonds is 6. The minimum absolute atomic E-state index is 0.0368. The highest BCUT2D eigenvalue weighted by molar-refractivity contribution is 6.31. The van der Waals surface area contributed by atoms with Crippen molar-refractivity contribution < 1.29 is 14.4 Å². The number of hydrogen-bond donors (Lipinski definition) is 2. The van der Waals surface area contributed by atoms with Gasteiger partial charge in [0.1, 0.15) is 0 Å².